The summed E-state index contributed by atoms with van der Waals surface area (Å²) >= 11 is 0. The van der Waals surface area contributed by atoms with Gasteiger partial charge in [-0.2, -0.15) is 4.68 Å². The molecule has 3 aromatic rings. The minimum absolute atomic E-state index is 0.237. The highest BCUT2D eigenvalue weighted by molar-refractivity contribution is 5.39. The second kappa shape index (κ2) is 6.17. The van der Waals surface area contributed by atoms with E-state index in [4.69, 9.17) is 0 Å². The quantitative estimate of drug-likeness (QED) is 0.780. The van der Waals surface area contributed by atoms with E-state index in [-0.39, 0.29) is 6.04 Å². The van der Waals surface area contributed by atoms with Gasteiger partial charge in [0, 0.05) is 6.04 Å². The Balaban J connectivity index is 1.73. The van der Waals surface area contributed by atoms with Crippen LogP contribution >= 0.6 is 0 Å². The lowest BCUT2D eigenvalue weighted by molar-refractivity contribution is 0.755. The molecular formula is C16H17N5. The van der Waals surface area contributed by atoms with Crippen LogP contribution in [0.5, 0.6) is 0 Å². The minimum atomic E-state index is 0.237. The predicted octanol–water partition coefficient (Wildman–Crippen LogP) is 2.71. The number of nitrogens with one attached hydrogen (secondary N) is 1. The fourth-order valence-electron chi connectivity index (χ4n) is 2.26. The van der Waals surface area contributed by atoms with E-state index in [1.54, 1.807) is 4.68 Å². The Bertz CT molecular complexity index is 678. The first-order valence-corrected chi connectivity index (χ1v) is 6.97. The summed E-state index contributed by atoms with van der Waals surface area (Å²) in [5.74, 6) is 0.657. The largest absolute Gasteiger partial charge is 0.350 e. The van der Waals surface area contributed by atoms with Crippen LogP contribution in [-0.4, -0.2) is 26.2 Å². The Morgan fingerprint density at radius 1 is 1.00 bits per heavy atom. The van der Waals surface area contributed by atoms with Crippen LogP contribution in [0.15, 0.2) is 60.7 Å². The molecule has 5 nitrogen and oxygen atoms in total. The minimum Gasteiger partial charge on any atom is -0.350 e. The van der Waals surface area contributed by atoms with E-state index in [9.17, 15) is 0 Å². The van der Waals surface area contributed by atoms with Crippen molar-refractivity contribution in [3.05, 3.63) is 66.2 Å². The molecule has 0 aliphatic heterocycles. The molecule has 1 aromatic heterocycles. The molecule has 0 radical (unpaired) electrons. The maximum atomic E-state index is 4.06. The van der Waals surface area contributed by atoms with Gasteiger partial charge in [-0.15, -0.1) is 0 Å². The third-order valence-electron chi connectivity index (χ3n) is 3.23. The second-order valence-electron chi connectivity index (χ2n) is 4.98. The van der Waals surface area contributed by atoms with E-state index < -0.39 is 0 Å². The molecule has 2 aromatic carbocycles. The highest BCUT2D eigenvalue weighted by atomic mass is 15.6. The molecule has 0 aliphatic carbocycles. The number of aromatic nitrogens is 4. The maximum absolute atomic E-state index is 4.06. The van der Waals surface area contributed by atoms with E-state index in [0.29, 0.717) is 5.95 Å². The van der Waals surface area contributed by atoms with Gasteiger partial charge < -0.3 is 5.32 Å². The molecular weight excluding hydrogens is 262 g/mol. The Hall–Kier alpha value is -2.69. The Morgan fingerprint density at radius 2 is 1.67 bits per heavy atom. The Morgan fingerprint density at radius 3 is 2.38 bits per heavy atom. The molecule has 0 amide bonds. The van der Waals surface area contributed by atoms with Crippen LogP contribution in [-0.2, 0) is 6.42 Å². The molecule has 3 rings (SSSR count). The summed E-state index contributed by atoms with van der Waals surface area (Å²) in [6, 6.07) is 20.5. The Kier molecular flexibility index (Phi) is 3.91. The molecule has 5 heteroatoms. The summed E-state index contributed by atoms with van der Waals surface area (Å²) < 4.78 is 1.71. The van der Waals surface area contributed by atoms with Crippen LogP contribution in [0.2, 0.25) is 0 Å². The highest BCUT2D eigenvalue weighted by Gasteiger charge is 2.11. The number of anilines is 1. The first kappa shape index (κ1) is 13.3. The topological polar surface area (TPSA) is 55.6 Å². The summed E-state index contributed by atoms with van der Waals surface area (Å²) in [5.41, 5.74) is 2.23. The third-order valence-corrected chi connectivity index (χ3v) is 3.23. The van der Waals surface area contributed by atoms with Gasteiger partial charge >= 0.3 is 0 Å². The summed E-state index contributed by atoms with van der Waals surface area (Å²) in [5, 5.41) is 15.2. The van der Waals surface area contributed by atoms with Gasteiger partial charge in [0.15, 0.2) is 0 Å². The van der Waals surface area contributed by atoms with Crippen LogP contribution in [0, 0.1) is 0 Å². The van der Waals surface area contributed by atoms with Crippen molar-refractivity contribution in [1.82, 2.24) is 20.2 Å². The van der Waals surface area contributed by atoms with Crippen molar-refractivity contribution in [3.63, 3.8) is 0 Å². The zero-order chi connectivity index (χ0) is 14.5. The van der Waals surface area contributed by atoms with E-state index in [1.807, 2.05) is 36.4 Å². The molecule has 1 atom stereocenters. The van der Waals surface area contributed by atoms with Gasteiger partial charge in [0.2, 0.25) is 5.95 Å². The van der Waals surface area contributed by atoms with Gasteiger partial charge in [0.05, 0.1) is 5.69 Å². The van der Waals surface area contributed by atoms with E-state index in [2.05, 4.69) is 52.0 Å². The number of rotatable bonds is 5. The van der Waals surface area contributed by atoms with Crippen molar-refractivity contribution in [1.29, 1.82) is 0 Å². The average molecular weight is 279 g/mol. The zero-order valence-electron chi connectivity index (χ0n) is 11.8. The van der Waals surface area contributed by atoms with Crippen LogP contribution in [0.3, 0.4) is 0 Å². The van der Waals surface area contributed by atoms with E-state index in [0.717, 1.165) is 12.1 Å². The SMILES string of the molecule is CC(Cc1ccccc1)Nc1nnnn1-c1ccccc1. The predicted molar refractivity (Wildman–Crippen MR) is 82.4 cm³/mol. The second-order valence-corrected chi connectivity index (χ2v) is 4.98. The van der Waals surface area contributed by atoms with Gasteiger partial charge in [-0.05, 0) is 41.5 Å². The van der Waals surface area contributed by atoms with Crippen molar-refractivity contribution < 1.29 is 0 Å². The van der Waals surface area contributed by atoms with Gasteiger partial charge in [-0.25, -0.2) is 0 Å². The third kappa shape index (κ3) is 3.25. The van der Waals surface area contributed by atoms with Gasteiger partial charge in [-0.1, -0.05) is 53.6 Å². The lowest BCUT2D eigenvalue weighted by Gasteiger charge is -2.14. The number of benzene rings is 2. The van der Waals surface area contributed by atoms with Crippen LogP contribution in [0.4, 0.5) is 5.95 Å². The fourth-order valence-corrected chi connectivity index (χ4v) is 2.26. The van der Waals surface area contributed by atoms with Crippen molar-refractivity contribution in [3.8, 4) is 5.69 Å². The van der Waals surface area contributed by atoms with Crippen molar-refractivity contribution in [2.45, 2.75) is 19.4 Å². The maximum Gasteiger partial charge on any atom is 0.247 e. The van der Waals surface area contributed by atoms with Crippen LogP contribution < -0.4 is 5.32 Å². The first-order chi connectivity index (χ1) is 10.3. The van der Waals surface area contributed by atoms with E-state index in [1.165, 1.54) is 5.56 Å². The number of nitrogens with zero attached hydrogens (tertiary/aromatic N) is 4. The molecule has 0 saturated heterocycles. The molecule has 0 aliphatic rings. The molecule has 1 unspecified atom stereocenters. The average Bonchev–Trinajstić information content (AvgIpc) is 2.97. The lowest BCUT2D eigenvalue weighted by atomic mass is 10.1. The molecule has 21 heavy (non-hydrogen) atoms. The molecule has 0 fully saturated rings. The zero-order valence-corrected chi connectivity index (χ0v) is 11.8. The monoisotopic (exact) mass is 279 g/mol. The van der Waals surface area contributed by atoms with Crippen molar-refractivity contribution in [2.24, 2.45) is 0 Å². The summed E-state index contributed by atoms with van der Waals surface area (Å²) in [7, 11) is 0. The molecule has 0 spiro atoms. The number of hydrogen-bond acceptors (Lipinski definition) is 4. The van der Waals surface area contributed by atoms with Gasteiger partial charge in [0.1, 0.15) is 0 Å². The van der Waals surface area contributed by atoms with Crippen LogP contribution in [0.25, 0.3) is 5.69 Å². The van der Waals surface area contributed by atoms with E-state index >= 15 is 0 Å². The highest BCUT2D eigenvalue weighted by Crippen LogP contribution is 2.13. The smallest absolute Gasteiger partial charge is 0.247 e. The number of tetrazole rings is 1. The summed E-state index contributed by atoms with van der Waals surface area (Å²) in [4.78, 5) is 0. The lowest BCUT2D eigenvalue weighted by Crippen LogP contribution is -2.20. The molecule has 1 N–H and O–H groups in total. The normalized spacial score (nSPS) is 12.0. The first-order valence-electron chi connectivity index (χ1n) is 6.97. The van der Waals surface area contributed by atoms with Crippen LogP contribution in [0.1, 0.15) is 12.5 Å². The number of hydrogen-bond donors (Lipinski definition) is 1. The number of para-hydroxylation sites is 1. The summed E-state index contributed by atoms with van der Waals surface area (Å²) in [6.07, 6.45) is 0.919. The Labute approximate surface area is 123 Å². The standard InChI is InChI=1S/C16H17N5/c1-13(12-14-8-4-2-5-9-14)17-16-18-19-20-21(16)15-10-6-3-7-11-15/h2-11,13H,12H2,1H3,(H,17,18,20). The fraction of sp³-hybridized carbons (Fsp3) is 0.188. The summed E-state index contributed by atoms with van der Waals surface area (Å²) in [6.45, 7) is 2.12. The molecule has 0 saturated carbocycles. The molecule has 106 valence electrons. The molecule has 0 bridgehead atoms. The molecule has 1 heterocycles. The van der Waals surface area contributed by atoms with Crippen molar-refractivity contribution >= 4 is 5.95 Å². The van der Waals surface area contributed by atoms with Gasteiger partial charge in [-0.3, -0.25) is 0 Å². The van der Waals surface area contributed by atoms with Gasteiger partial charge in [0.25, 0.3) is 0 Å². The van der Waals surface area contributed by atoms with Crippen molar-refractivity contribution in [2.75, 3.05) is 5.32 Å².